The molecule has 1 N–H and O–H groups in total. The topological polar surface area (TPSA) is 33.1 Å². The lowest BCUT2D eigenvalue weighted by Crippen LogP contribution is -2.06. The van der Waals surface area contributed by atoms with Crippen LogP contribution in [0.1, 0.15) is 34.1 Å². The summed E-state index contributed by atoms with van der Waals surface area (Å²) in [5, 5.41) is 11.3. The van der Waals surface area contributed by atoms with Crippen LogP contribution in [-0.4, -0.2) is 10.1 Å². The Morgan fingerprint density at radius 1 is 1.00 bits per heavy atom. The molecule has 19 heavy (non-hydrogen) atoms. The van der Waals surface area contributed by atoms with Crippen molar-refractivity contribution in [2.45, 2.75) is 26.9 Å². The van der Waals surface area contributed by atoms with E-state index in [1.807, 2.05) is 26.8 Å². The number of nitrogens with zero attached hydrogens (tertiary/aromatic N) is 1. The average Bonchev–Trinajstić information content (AvgIpc) is 2.33. The lowest BCUT2D eigenvalue weighted by Gasteiger charge is -2.16. The van der Waals surface area contributed by atoms with Crippen LogP contribution in [0, 0.1) is 20.8 Å². The van der Waals surface area contributed by atoms with Gasteiger partial charge in [0.1, 0.15) is 6.10 Å². The van der Waals surface area contributed by atoms with E-state index in [2.05, 4.69) is 11.1 Å². The van der Waals surface area contributed by atoms with Gasteiger partial charge in [-0.25, -0.2) is 0 Å². The van der Waals surface area contributed by atoms with Crippen LogP contribution < -0.4 is 0 Å². The van der Waals surface area contributed by atoms with Gasteiger partial charge < -0.3 is 5.11 Å². The molecule has 1 aromatic heterocycles. The van der Waals surface area contributed by atoms with Gasteiger partial charge in [0.05, 0.1) is 15.7 Å². The van der Waals surface area contributed by atoms with Crippen LogP contribution in [0.5, 0.6) is 0 Å². The van der Waals surface area contributed by atoms with Gasteiger partial charge in [0, 0.05) is 6.20 Å². The summed E-state index contributed by atoms with van der Waals surface area (Å²) in [6.07, 6.45) is 0.645. The number of aryl methyl sites for hydroxylation is 3. The molecular formula is C15H15Cl2NO. The van der Waals surface area contributed by atoms with E-state index in [1.54, 1.807) is 6.07 Å². The van der Waals surface area contributed by atoms with E-state index in [0.29, 0.717) is 15.7 Å². The van der Waals surface area contributed by atoms with E-state index in [-0.39, 0.29) is 0 Å². The summed E-state index contributed by atoms with van der Waals surface area (Å²) in [6.45, 7) is 6.03. The highest BCUT2D eigenvalue weighted by Crippen LogP contribution is 2.31. The van der Waals surface area contributed by atoms with Gasteiger partial charge in [-0.15, -0.1) is 0 Å². The summed E-state index contributed by atoms with van der Waals surface area (Å²) < 4.78 is 0. The van der Waals surface area contributed by atoms with Crippen LogP contribution >= 0.6 is 23.2 Å². The third-order valence-corrected chi connectivity index (χ3v) is 3.78. The number of aliphatic hydroxyl groups excluding tert-OH is 1. The van der Waals surface area contributed by atoms with E-state index < -0.39 is 6.10 Å². The summed E-state index contributed by atoms with van der Waals surface area (Å²) in [5.74, 6) is 0. The predicted octanol–water partition coefficient (Wildman–Crippen LogP) is 4.40. The van der Waals surface area contributed by atoms with Crippen LogP contribution in [0.4, 0.5) is 0 Å². The monoisotopic (exact) mass is 295 g/mol. The number of aliphatic hydroxyl groups is 1. The molecule has 0 amide bonds. The highest BCUT2D eigenvalue weighted by Gasteiger charge is 2.18. The predicted molar refractivity (Wildman–Crippen MR) is 79.0 cm³/mol. The largest absolute Gasteiger partial charge is 0.382 e. The molecule has 4 heteroatoms. The van der Waals surface area contributed by atoms with Crippen LogP contribution in [0.15, 0.2) is 24.4 Å². The first kappa shape index (κ1) is 14.3. The SMILES string of the molecule is Cc1cc(C)c(C(O)c2ncc(Cl)cc2Cl)cc1C. The quantitative estimate of drug-likeness (QED) is 0.891. The van der Waals surface area contributed by atoms with Crippen molar-refractivity contribution in [2.75, 3.05) is 0 Å². The Hall–Kier alpha value is -1.09. The number of hydrogen-bond donors (Lipinski definition) is 1. The Morgan fingerprint density at radius 2 is 1.63 bits per heavy atom. The Bertz CT molecular complexity index is 626. The maximum atomic E-state index is 10.5. The first-order chi connectivity index (χ1) is 8.90. The van der Waals surface area contributed by atoms with Crippen molar-refractivity contribution < 1.29 is 5.11 Å². The van der Waals surface area contributed by atoms with Crippen molar-refractivity contribution in [1.29, 1.82) is 0 Å². The standard InChI is InChI=1S/C15H15Cl2NO/c1-8-4-10(3)12(5-9(8)2)15(19)14-13(17)6-11(16)7-18-14/h4-7,15,19H,1-3H3. The van der Waals surface area contributed by atoms with Crippen LogP contribution in [-0.2, 0) is 0 Å². The Kier molecular flexibility index (Phi) is 4.14. The zero-order valence-corrected chi connectivity index (χ0v) is 12.5. The molecule has 0 aliphatic carbocycles. The minimum absolute atomic E-state index is 0.373. The van der Waals surface area contributed by atoms with Gasteiger partial charge in [-0.3, -0.25) is 4.98 Å². The number of benzene rings is 1. The fraction of sp³-hybridized carbons (Fsp3) is 0.267. The van der Waals surface area contributed by atoms with Gasteiger partial charge in [0.25, 0.3) is 0 Å². The molecule has 0 fully saturated rings. The molecule has 1 aromatic carbocycles. The maximum absolute atomic E-state index is 10.5. The first-order valence-corrected chi connectivity index (χ1v) is 6.72. The van der Waals surface area contributed by atoms with Crippen molar-refractivity contribution in [2.24, 2.45) is 0 Å². The van der Waals surface area contributed by atoms with Crippen molar-refractivity contribution in [3.63, 3.8) is 0 Å². The molecule has 0 bridgehead atoms. The summed E-state index contributed by atoms with van der Waals surface area (Å²) in [7, 11) is 0. The van der Waals surface area contributed by atoms with Gasteiger partial charge >= 0.3 is 0 Å². The van der Waals surface area contributed by atoms with Crippen LogP contribution in [0.25, 0.3) is 0 Å². The second-order valence-corrected chi connectivity index (χ2v) is 5.56. The van der Waals surface area contributed by atoms with E-state index in [0.717, 1.165) is 16.7 Å². The molecule has 1 unspecified atom stereocenters. The molecule has 0 aliphatic heterocycles. The second kappa shape index (κ2) is 5.49. The third-order valence-electron chi connectivity index (χ3n) is 3.27. The summed E-state index contributed by atoms with van der Waals surface area (Å²) in [6, 6.07) is 5.62. The highest BCUT2D eigenvalue weighted by atomic mass is 35.5. The van der Waals surface area contributed by atoms with Gasteiger partial charge in [-0.05, 0) is 49.1 Å². The molecule has 100 valence electrons. The lowest BCUT2D eigenvalue weighted by molar-refractivity contribution is 0.214. The number of pyridine rings is 1. The van der Waals surface area contributed by atoms with E-state index in [4.69, 9.17) is 23.2 Å². The average molecular weight is 296 g/mol. The number of halogens is 2. The fourth-order valence-electron chi connectivity index (χ4n) is 2.05. The van der Waals surface area contributed by atoms with Gasteiger partial charge in [0.2, 0.25) is 0 Å². The van der Waals surface area contributed by atoms with E-state index in [9.17, 15) is 5.11 Å². The van der Waals surface area contributed by atoms with E-state index in [1.165, 1.54) is 11.8 Å². The van der Waals surface area contributed by atoms with Crippen LogP contribution in [0.2, 0.25) is 10.0 Å². The molecule has 0 saturated heterocycles. The molecule has 0 spiro atoms. The van der Waals surface area contributed by atoms with Gasteiger partial charge in [-0.1, -0.05) is 35.3 Å². The van der Waals surface area contributed by atoms with Crippen molar-refractivity contribution in [3.8, 4) is 0 Å². The lowest BCUT2D eigenvalue weighted by atomic mass is 9.95. The van der Waals surface area contributed by atoms with Crippen molar-refractivity contribution in [3.05, 3.63) is 62.4 Å². The zero-order valence-electron chi connectivity index (χ0n) is 11.0. The summed E-state index contributed by atoms with van der Waals surface area (Å²) >= 11 is 11.9. The Balaban J connectivity index is 2.49. The molecular weight excluding hydrogens is 281 g/mol. The summed E-state index contributed by atoms with van der Waals surface area (Å²) in [4.78, 5) is 4.13. The number of hydrogen-bond acceptors (Lipinski definition) is 2. The third kappa shape index (κ3) is 2.92. The minimum Gasteiger partial charge on any atom is -0.382 e. The highest BCUT2D eigenvalue weighted by molar-refractivity contribution is 6.34. The normalized spacial score (nSPS) is 12.5. The maximum Gasteiger partial charge on any atom is 0.123 e. The molecule has 2 aromatic rings. The summed E-state index contributed by atoms with van der Waals surface area (Å²) in [5.41, 5.74) is 4.59. The molecule has 0 saturated carbocycles. The molecule has 0 aliphatic rings. The van der Waals surface area contributed by atoms with Crippen molar-refractivity contribution >= 4 is 23.2 Å². The van der Waals surface area contributed by atoms with Crippen LogP contribution in [0.3, 0.4) is 0 Å². The zero-order chi connectivity index (χ0) is 14.2. The van der Waals surface area contributed by atoms with E-state index >= 15 is 0 Å². The number of rotatable bonds is 2. The molecule has 2 nitrogen and oxygen atoms in total. The Labute approximate surface area is 123 Å². The van der Waals surface area contributed by atoms with Gasteiger partial charge in [-0.2, -0.15) is 0 Å². The van der Waals surface area contributed by atoms with Gasteiger partial charge in [0.15, 0.2) is 0 Å². The van der Waals surface area contributed by atoms with Crippen molar-refractivity contribution in [1.82, 2.24) is 4.98 Å². The second-order valence-electron chi connectivity index (χ2n) is 4.72. The molecule has 1 atom stereocenters. The fourth-order valence-corrected chi connectivity index (χ4v) is 2.53. The molecule has 0 radical (unpaired) electrons. The number of aromatic nitrogens is 1. The minimum atomic E-state index is -0.843. The first-order valence-electron chi connectivity index (χ1n) is 5.97. The molecule has 1 heterocycles. The molecule has 2 rings (SSSR count). The Morgan fingerprint density at radius 3 is 2.26 bits per heavy atom. The smallest absolute Gasteiger partial charge is 0.123 e.